The second-order valence-electron chi connectivity index (χ2n) is 20.0. The first-order valence-electron chi connectivity index (χ1n) is 23.2. The minimum absolute atomic E-state index is 0.0317. The summed E-state index contributed by atoms with van der Waals surface area (Å²) in [6.45, 7) is 9.11. The lowest BCUT2D eigenvalue weighted by Gasteiger charge is -2.54. The molecule has 2 saturated carbocycles. The van der Waals surface area contributed by atoms with Crippen molar-refractivity contribution in [3.8, 4) is 11.8 Å². The largest absolute Gasteiger partial charge is 0.475 e. The third-order valence-electron chi connectivity index (χ3n) is 12.9. The van der Waals surface area contributed by atoms with Crippen LogP contribution in [0.5, 0.6) is 11.8 Å². The Morgan fingerprint density at radius 3 is 1.49 bits per heavy atom. The minimum atomic E-state index is -4.64. The number of pyridine rings is 4. The fourth-order valence-corrected chi connectivity index (χ4v) is 9.66. The summed E-state index contributed by atoms with van der Waals surface area (Å²) in [4.78, 5) is 37.9. The Morgan fingerprint density at radius 1 is 0.750 bits per heavy atom. The zero-order valence-corrected chi connectivity index (χ0v) is 42.2. The van der Waals surface area contributed by atoms with Gasteiger partial charge in [-0.05, 0) is 98.1 Å². The van der Waals surface area contributed by atoms with Gasteiger partial charge < -0.3 is 55.2 Å². The van der Waals surface area contributed by atoms with Crippen molar-refractivity contribution in [1.82, 2.24) is 25.3 Å². The van der Waals surface area contributed by atoms with Gasteiger partial charge in [-0.3, -0.25) is 14.8 Å². The van der Waals surface area contributed by atoms with Crippen LogP contribution in [0, 0.1) is 11.6 Å². The van der Waals surface area contributed by atoms with Gasteiger partial charge in [-0.25, -0.2) is 23.5 Å². The van der Waals surface area contributed by atoms with E-state index in [1.807, 2.05) is 20.8 Å². The van der Waals surface area contributed by atoms with E-state index < -0.39 is 63.7 Å². The van der Waals surface area contributed by atoms with Crippen LogP contribution in [-0.2, 0) is 30.2 Å². The average Bonchev–Trinajstić information content (AvgIpc) is 3.30. The monoisotopic (exact) mass is 1060 g/mol. The molecular formula is C48H63Cl2F5N6O11. The second-order valence-corrected chi connectivity index (χ2v) is 20.8. The molecule has 4 aromatic heterocycles. The molecule has 4 aromatic rings. The number of nitrogens with two attached hydrogens (primary N) is 1. The number of amides is 1. The molecule has 4 bridgehead atoms. The van der Waals surface area contributed by atoms with Gasteiger partial charge in [0.2, 0.25) is 18.0 Å². The number of fused-ring (bicyclic) bond motifs is 8. The zero-order valence-electron chi connectivity index (χ0n) is 40.7. The molecule has 2 unspecified atom stereocenters. The number of rotatable bonds is 13. The Bertz CT molecular complexity index is 2450. The summed E-state index contributed by atoms with van der Waals surface area (Å²) < 4.78 is 89.6. The van der Waals surface area contributed by atoms with Crippen molar-refractivity contribution in [1.29, 1.82) is 0 Å². The molecule has 0 aromatic carbocycles. The van der Waals surface area contributed by atoms with Crippen molar-refractivity contribution in [2.75, 3.05) is 45.0 Å². The molecule has 400 valence electrons. The maximum absolute atomic E-state index is 15.1. The van der Waals surface area contributed by atoms with E-state index in [0.717, 1.165) is 38.1 Å². The van der Waals surface area contributed by atoms with Crippen LogP contribution in [0.4, 0.5) is 26.7 Å². The van der Waals surface area contributed by atoms with E-state index in [1.54, 1.807) is 38.1 Å². The van der Waals surface area contributed by atoms with Crippen molar-refractivity contribution in [2.24, 2.45) is 5.73 Å². The molecular weight excluding hydrogens is 1000 g/mol. The summed E-state index contributed by atoms with van der Waals surface area (Å²) in [7, 11) is 0. The summed E-state index contributed by atoms with van der Waals surface area (Å²) in [5.41, 5.74) is 2.06. The number of alkyl carbamates (subject to hydrolysis) is 1. The number of carbonyl (C=O) groups excluding carboxylic acids is 2. The summed E-state index contributed by atoms with van der Waals surface area (Å²) in [5, 5.41) is 44.1. The fraction of sp³-hybridized carbons (Fsp3) is 0.625. The van der Waals surface area contributed by atoms with E-state index in [9.17, 15) is 32.6 Å². The van der Waals surface area contributed by atoms with E-state index in [4.69, 9.17) is 67.6 Å². The number of aliphatic hydroxyl groups is 4. The Morgan fingerprint density at radius 2 is 1.15 bits per heavy atom. The molecule has 4 aliphatic heterocycles. The Kier molecular flexibility index (Phi) is 19.0. The van der Waals surface area contributed by atoms with Crippen molar-refractivity contribution in [3.05, 3.63) is 59.4 Å². The lowest BCUT2D eigenvalue weighted by atomic mass is 9.67. The molecule has 10 rings (SSSR count). The van der Waals surface area contributed by atoms with Gasteiger partial charge >= 0.3 is 12.3 Å². The number of alkyl halides is 5. The van der Waals surface area contributed by atoms with Crippen LogP contribution < -0.4 is 20.5 Å². The molecule has 7 N–H and O–H groups in total. The maximum atomic E-state index is 15.1. The van der Waals surface area contributed by atoms with Crippen molar-refractivity contribution in [2.45, 2.75) is 144 Å². The van der Waals surface area contributed by atoms with Crippen LogP contribution in [0.2, 0.25) is 0 Å². The molecule has 4 saturated heterocycles. The number of ether oxygens (including phenoxy) is 5. The van der Waals surface area contributed by atoms with Gasteiger partial charge in [0.1, 0.15) is 41.5 Å². The highest BCUT2D eigenvalue weighted by Crippen LogP contribution is 2.51. The number of aliphatic hydroxyl groups excluding tert-OH is 2. The first-order chi connectivity index (χ1) is 33.6. The Balaban J connectivity index is 0.000000233. The lowest BCUT2D eigenvalue weighted by Crippen LogP contribution is -2.64. The third-order valence-corrected chi connectivity index (χ3v) is 12.9. The van der Waals surface area contributed by atoms with Gasteiger partial charge in [0.25, 0.3) is 0 Å². The van der Waals surface area contributed by atoms with Gasteiger partial charge in [0.05, 0.1) is 83.1 Å². The number of hydrogen-bond acceptors (Lipinski definition) is 16. The molecule has 6 aliphatic rings. The number of aldehydes is 1. The molecule has 6 fully saturated rings. The molecule has 8 heterocycles. The number of halogens is 7. The molecule has 72 heavy (non-hydrogen) atoms. The van der Waals surface area contributed by atoms with Gasteiger partial charge in [-0.15, -0.1) is 23.2 Å². The summed E-state index contributed by atoms with van der Waals surface area (Å²) in [6, 6.07) is 6.49. The standard InChI is InChI=1S/C25H34FN3O6.C20H26FN3O4.C2HF3O.CH2Cl2/c1-22(2,3)35-21(31)29-24-7-9-25(10-8-24,34-15-24)14-23(4,32)19-16(26)13-27-17-5-6-18(28-20(17)19)33-12-11-30;1-18(26,11-20-6-4-19(22,5-7-20)12-28-20)16-13(21)10-23-14-2-3-15(24-17(14)16)27-9-8-25;3-2(4,5)1-6;2-1-3/h5-6,13,30,32H,7-12,14-15H2,1-4H3,(H,29,31);2-3,10,25-26H,4-9,11-12,22H2,1H3;1H;1H2. The first-order valence-corrected chi connectivity index (χ1v) is 24.2. The number of nitrogens with one attached hydrogen (secondary N) is 1. The topological polar surface area (TPSA) is 251 Å². The van der Waals surface area contributed by atoms with Crippen LogP contribution in [0.3, 0.4) is 0 Å². The smallest absolute Gasteiger partial charge is 0.446 e. The highest BCUT2D eigenvalue weighted by Gasteiger charge is 2.54. The van der Waals surface area contributed by atoms with Crippen LogP contribution in [0.1, 0.15) is 110 Å². The zero-order chi connectivity index (χ0) is 53.4. The van der Waals surface area contributed by atoms with E-state index in [-0.39, 0.29) is 84.1 Å². The van der Waals surface area contributed by atoms with E-state index in [0.29, 0.717) is 49.9 Å². The molecule has 0 radical (unpaired) electrons. The molecule has 24 heteroatoms. The normalized spacial score (nSPS) is 25.0. The number of aromatic nitrogens is 4. The molecule has 17 nitrogen and oxygen atoms in total. The van der Waals surface area contributed by atoms with Crippen molar-refractivity contribution in [3.63, 3.8) is 0 Å². The highest BCUT2D eigenvalue weighted by molar-refractivity contribution is 6.40. The quantitative estimate of drug-likeness (QED) is 0.0437. The van der Waals surface area contributed by atoms with Crippen LogP contribution in [0.25, 0.3) is 22.1 Å². The summed E-state index contributed by atoms with van der Waals surface area (Å²) >= 11 is 9.53. The number of carbonyl (C=O) groups is 2. The van der Waals surface area contributed by atoms with Gasteiger partial charge in [-0.2, -0.15) is 13.2 Å². The minimum Gasteiger partial charge on any atom is -0.475 e. The van der Waals surface area contributed by atoms with Crippen molar-refractivity contribution < 1.29 is 75.7 Å². The second kappa shape index (κ2) is 23.4. The average molecular weight is 1070 g/mol. The first kappa shape index (κ1) is 58.5. The van der Waals surface area contributed by atoms with Gasteiger partial charge in [0, 0.05) is 41.6 Å². The Labute approximate surface area is 423 Å². The molecule has 2 aliphatic carbocycles. The van der Waals surface area contributed by atoms with Gasteiger partial charge in [-0.1, -0.05) is 0 Å². The summed E-state index contributed by atoms with van der Waals surface area (Å²) in [5.74, 6) is -0.846. The van der Waals surface area contributed by atoms with Crippen molar-refractivity contribution >= 4 is 57.6 Å². The van der Waals surface area contributed by atoms with Crippen LogP contribution >= 0.6 is 23.2 Å². The van der Waals surface area contributed by atoms with Crippen LogP contribution in [-0.4, -0.2) is 132 Å². The molecule has 0 spiro atoms. The number of nitrogens with zero attached hydrogens (tertiary/aromatic N) is 4. The van der Waals surface area contributed by atoms with E-state index in [2.05, 4.69) is 25.3 Å². The Hall–Kier alpha value is -4.39. The predicted octanol–water partition coefficient (Wildman–Crippen LogP) is 7.29. The summed E-state index contributed by atoms with van der Waals surface area (Å²) in [6.07, 6.45) is 2.08. The van der Waals surface area contributed by atoms with E-state index in [1.165, 1.54) is 0 Å². The fourth-order valence-electron chi connectivity index (χ4n) is 9.66. The molecule has 1 amide bonds. The van der Waals surface area contributed by atoms with Crippen LogP contribution in [0.15, 0.2) is 36.7 Å². The van der Waals surface area contributed by atoms with E-state index >= 15 is 4.39 Å². The molecule has 2 atom stereocenters. The lowest BCUT2D eigenvalue weighted by molar-refractivity contribution is -0.187. The SMILES string of the molecule is CC(C)(C)OC(=O)NC12CCC(CC(C)(O)c3c(F)cnc4ccc(OCCO)nc34)(CC1)OC2.CC(O)(CC12CCC(N)(CC1)CO2)c1c(F)cnc2ccc(OCCO)nc12.ClCCl.O=CC(F)(F)F. The maximum Gasteiger partial charge on any atom is 0.446 e. The van der Waals surface area contributed by atoms with Gasteiger partial charge in [0.15, 0.2) is 0 Å². The predicted molar refractivity (Wildman–Crippen MR) is 255 cm³/mol. The number of hydrogen-bond donors (Lipinski definition) is 6. The highest BCUT2D eigenvalue weighted by atomic mass is 35.5. The third kappa shape index (κ3) is 15.1.